The van der Waals surface area contributed by atoms with Crippen LogP contribution in [0, 0.1) is 19.8 Å². The Morgan fingerprint density at radius 1 is 1.12 bits per heavy atom. The summed E-state index contributed by atoms with van der Waals surface area (Å²) in [5.41, 5.74) is 7.09. The quantitative estimate of drug-likeness (QED) is 0.488. The fourth-order valence-corrected chi connectivity index (χ4v) is 5.92. The SMILES string of the molecule is Cc1cccc(C)c1-c1noc(C2CC2)c1COC1C[C@@H]2C[C@H]1CN2c1ccc(C(=O)O)cc1. The van der Waals surface area contributed by atoms with Crippen LogP contribution in [0.5, 0.6) is 0 Å². The van der Waals surface area contributed by atoms with E-state index in [-0.39, 0.29) is 6.10 Å². The lowest BCUT2D eigenvalue weighted by atomic mass is 9.96. The molecule has 1 aromatic heterocycles. The highest BCUT2D eigenvalue weighted by Crippen LogP contribution is 2.46. The topological polar surface area (TPSA) is 75.8 Å². The third kappa shape index (κ3) is 3.70. The Morgan fingerprint density at radius 3 is 2.47 bits per heavy atom. The van der Waals surface area contributed by atoms with Gasteiger partial charge in [-0.3, -0.25) is 0 Å². The number of carboxylic acids is 1. The molecule has 6 nitrogen and oxygen atoms in total. The number of carbonyl (C=O) groups is 1. The maximum Gasteiger partial charge on any atom is 0.335 e. The second-order valence-corrected chi connectivity index (χ2v) is 10.2. The highest BCUT2D eigenvalue weighted by atomic mass is 16.5. The predicted molar refractivity (Wildman–Crippen MR) is 129 cm³/mol. The first-order valence-electron chi connectivity index (χ1n) is 12.3. The average Bonchev–Trinajstić information content (AvgIpc) is 3.28. The van der Waals surface area contributed by atoms with Gasteiger partial charge in [0.1, 0.15) is 11.5 Å². The van der Waals surface area contributed by atoms with Crippen LogP contribution in [-0.4, -0.2) is 34.9 Å². The molecule has 34 heavy (non-hydrogen) atoms. The number of aromatic carboxylic acids is 1. The number of aromatic nitrogens is 1. The summed E-state index contributed by atoms with van der Waals surface area (Å²) in [6.45, 7) is 5.75. The van der Waals surface area contributed by atoms with Gasteiger partial charge >= 0.3 is 5.97 Å². The van der Waals surface area contributed by atoms with Crippen LogP contribution in [0.1, 0.15) is 64.4 Å². The van der Waals surface area contributed by atoms with Gasteiger partial charge in [-0.2, -0.15) is 0 Å². The molecule has 1 N–H and O–H groups in total. The second-order valence-electron chi connectivity index (χ2n) is 10.2. The van der Waals surface area contributed by atoms with E-state index in [0.717, 1.165) is 54.9 Å². The molecule has 2 aliphatic carbocycles. The fourth-order valence-electron chi connectivity index (χ4n) is 5.92. The Kier molecular flexibility index (Phi) is 5.21. The molecule has 1 unspecified atom stereocenters. The summed E-state index contributed by atoms with van der Waals surface area (Å²) in [5.74, 6) is 1.09. The summed E-state index contributed by atoms with van der Waals surface area (Å²) in [7, 11) is 0. The normalized spacial score (nSPS) is 23.6. The van der Waals surface area contributed by atoms with E-state index in [4.69, 9.17) is 14.4 Å². The molecule has 176 valence electrons. The molecule has 2 aromatic carbocycles. The van der Waals surface area contributed by atoms with Crippen molar-refractivity contribution in [2.45, 2.75) is 64.2 Å². The van der Waals surface area contributed by atoms with Crippen LogP contribution in [0.2, 0.25) is 0 Å². The van der Waals surface area contributed by atoms with Crippen LogP contribution in [0.4, 0.5) is 5.69 Å². The third-order valence-corrected chi connectivity index (χ3v) is 7.85. The Hall–Kier alpha value is -3.12. The van der Waals surface area contributed by atoms with E-state index in [1.807, 2.05) is 12.1 Å². The number of rotatable bonds is 7. The third-order valence-electron chi connectivity index (χ3n) is 7.85. The lowest BCUT2D eigenvalue weighted by Crippen LogP contribution is -2.38. The van der Waals surface area contributed by atoms with Gasteiger partial charge in [0, 0.05) is 41.2 Å². The van der Waals surface area contributed by atoms with E-state index < -0.39 is 5.97 Å². The Balaban J connectivity index is 1.17. The fraction of sp³-hybridized carbons (Fsp3) is 0.429. The van der Waals surface area contributed by atoms with E-state index in [0.29, 0.717) is 30.0 Å². The van der Waals surface area contributed by atoms with Gasteiger partial charge in [-0.25, -0.2) is 4.79 Å². The van der Waals surface area contributed by atoms with Crippen LogP contribution in [0.15, 0.2) is 47.0 Å². The minimum atomic E-state index is -0.887. The summed E-state index contributed by atoms with van der Waals surface area (Å²) < 4.78 is 12.5. The van der Waals surface area contributed by atoms with Gasteiger partial charge in [0.25, 0.3) is 0 Å². The molecule has 6 heteroatoms. The summed E-state index contributed by atoms with van der Waals surface area (Å²) >= 11 is 0. The van der Waals surface area contributed by atoms with Gasteiger partial charge < -0.3 is 19.3 Å². The van der Waals surface area contributed by atoms with Crippen molar-refractivity contribution < 1.29 is 19.2 Å². The standard InChI is InChI=1S/C28H30N2O4/c1-16-4-3-5-17(2)25(16)26-23(27(34-29-26)18-6-7-18)15-33-24-13-22-12-20(24)14-30(22)21-10-8-19(9-11-21)28(31)32/h3-5,8-11,18,20,22,24H,6-7,12-15H2,1-2H3,(H,31,32)/t20-,22-,24?/m0/s1. The number of piperidine rings is 1. The lowest BCUT2D eigenvalue weighted by molar-refractivity contribution is 0.0122. The first-order chi connectivity index (χ1) is 16.5. The molecule has 1 saturated heterocycles. The number of anilines is 1. The van der Waals surface area contributed by atoms with Crippen molar-refractivity contribution in [2.24, 2.45) is 5.92 Å². The monoisotopic (exact) mass is 458 g/mol. The van der Waals surface area contributed by atoms with Crippen LogP contribution in [0.3, 0.4) is 0 Å². The minimum absolute atomic E-state index is 0.229. The van der Waals surface area contributed by atoms with Gasteiger partial charge in [-0.15, -0.1) is 0 Å². The summed E-state index contributed by atoms with van der Waals surface area (Å²) in [6, 6.07) is 14.0. The predicted octanol–water partition coefficient (Wildman–Crippen LogP) is 5.72. The molecule has 2 heterocycles. The van der Waals surface area contributed by atoms with Gasteiger partial charge in [0.15, 0.2) is 0 Å². The number of hydrogen-bond donors (Lipinski definition) is 1. The zero-order valence-electron chi connectivity index (χ0n) is 19.7. The second kappa shape index (κ2) is 8.27. The van der Waals surface area contributed by atoms with Crippen LogP contribution < -0.4 is 4.90 Å². The molecular weight excluding hydrogens is 428 g/mol. The van der Waals surface area contributed by atoms with E-state index in [1.165, 1.54) is 16.7 Å². The van der Waals surface area contributed by atoms with Gasteiger partial charge in [-0.05, 0) is 74.9 Å². The first-order valence-corrected chi connectivity index (χ1v) is 12.3. The smallest absolute Gasteiger partial charge is 0.335 e. The van der Waals surface area contributed by atoms with Crippen molar-refractivity contribution in [3.05, 3.63) is 70.5 Å². The van der Waals surface area contributed by atoms with Crippen molar-refractivity contribution in [3.8, 4) is 11.3 Å². The zero-order chi connectivity index (χ0) is 23.4. The average molecular weight is 459 g/mol. The molecule has 2 bridgehead atoms. The number of hydrogen-bond acceptors (Lipinski definition) is 5. The number of nitrogens with zero attached hydrogens (tertiary/aromatic N) is 2. The highest BCUT2D eigenvalue weighted by Gasteiger charge is 2.45. The van der Waals surface area contributed by atoms with Crippen molar-refractivity contribution >= 4 is 11.7 Å². The van der Waals surface area contributed by atoms with E-state index in [1.54, 1.807) is 12.1 Å². The molecule has 0 amide bonds. The maximum absolute atomic E-state index is 11.2. The molecule has 1 aliphatic heterocycles. The zero-order valence-corrected chi connectivity index (χ0v) is 19.7. The summed E-state index contributed by atoms with van der Waals surface area (Å²) in [6.07, 6.45) is 4.67. The number of fused-ring (bicyclic) bond motifs is 2. The van der Waals surface area contributed by atoms with E-state index in [2.05, 4.69) is 42.1 Å². The molecule has 2 saturated carbocycles. The number of carboxylic acid groups (broad SMARTS) is 1. The van der Waals surface area contributed by atoms with Crippen molar-refractivity contribution in [1.82, 2.24) is 5.16 Å². The Labute approximate surface area is 199 Å². The number of benzene rings is 2. The maximum atomic E-state index is 11.2. The van der Waals surface area contributed by atoms with Crippen LogP contribution in [-0.2, 0) is 11.3 Å². The highest BCUT2D eigenvalue weighted by molar-refractivity contribution is 5.88. The van der Waals surface area contributed by atoms with Gasteiger partial charge in [0.05, 0.1) is 18.3 Å². The minimum Gasteiger partial charge on any atom is -0.478 e. The number of aryl methyl sites for hydroxylation is 2. The van der Waals surface area contributed by atoms with Crippen LogP contribution in [0.25, 0.3) is 11.3 Å². The molecule has 6 rings (SSSR count). The molecule has 0 radical (unpaired) electrons. The Morgan fingerprint density at radius 2 is 1.85 bits per heavy atom. The summed E-state index contributed by atoms with van der Waals surface area (Å²) in [5, 5.41) is 13.7. The molecule has 3 atom stereocenters. The van der Waals surface area contributed by atoms with E-state index >= 15 is 0 Å². The van der Waals surface area contributed by atoms with E-state index in [9.17, 15) is 4.79 Å². The molecule has 0 spiro atoms. The largest absolute Gasteiger partial charge is 0.478 e. The molecule has 3 fully saturated rings. The van der Waals surface area contributed by atoms with Gasteiger partial charge in [-0.1, -0.05) is 23.4 Å². The lowest BCUT2D eigenvalue weighted by Gasteiger charge is -2.33. The van der Waals surface area contributed by atoms with Gasteiger partial charge in [0.2, 0.25) is 0 Å². The molecule has 3 aromatic rings. The number of ether oxygens (including phenoxy) is 1. The Bertz CT molecular complexity index is 1210. The molecule has 3 aliphatic rings. The van der Waals surface area contributed by atoms with Crippen molar-refractivity contribution in [1.29, 1.82) is 0 Å². The van der Waals surface area contributed by atoms with Crippen molar-refractivity contribution in [2.75, 3.05) is 11.4 Å². The molecular formula is C28H30N2O4. The van der Waals surface area contributed by atoms with Crippen LogP contribution >= 0.6 is 0 Å². The first kappa shape index (κ1) is 21.4. The summed E-state index contributed by atoms with van der Waals surface area (Å²) in [4.78, 5) is 13.6. The van der Waals surface area contributed by atoms with Crippen molar-refractivity contribution in [3.63, 3.8) is 0 Å².